The molecule has 0 aliphatic carbocycles. The molecular weight excluding hydrogens is 328 g/mol. The number of hydrogen-bond acceptors (Lipinski definition) is 3. The maximum absolute atomic E-state index is 13.7. The number of hydrogen-bond donors (Lipinski definition) is 1. The van der Waals surface area contributed by atoms with E-state index in [0.717, 1.165) is 18.2 Å². The van der Waals surface area contributed by atoms with Gasteiger partial charge in [-0.1, -0.05) is 0 Å². The number of amides is 2. The molecule has 0 bridgehead atoms. The van der Waals surface area contributed by atoms with Crippen LogP contribution in [0.3, 0.4) is 0 Å². The summed E-state index contributed by atoms with van der Waals surface area (Å²) in [6.07, 6.45) is 0.760. The minimum atomic E-state index is -0.642. The predicted octanol–water partition coefficient (Wildman–Crippen LogP) is 1.69. The molecule has 0 aromatic heterocycles. The molecule has 1 aliphatic heterocycles. The van der Waals surface area contributed by atoms with Crippen LogP contribution in [0, 0.1) is 11.6 Å². The zero-order valence-corrected chi connectivity index (χ0v) is 14.7. The van der Waals surface area contributed by atoms with E-state index in [9.17, 15) is 18.4 Å². The van der Waals surface area contributed by atoms with Crippen molar-refractivity contribution in [2.75, 3.05) is 19.6 Å². The van der Waals surface area contributed by atoms with Crippen LogP contribution in [-0.4, -0.2) is 53.3 Å². The summed E-state index contributed by atoms with van der Waals surface area (Å²) in [5.41, 5.74) is 6.12. The van der Waals surface area contributed by atoms with Gasteiger partial charge in [0.2, 0.25) is 11.8 Å². The van der Waals surface area contributed by atoms with Gasteiger partial charge in [0.05, 0.1) is 0 Å². The van der Waals surface area contributed by atoms with Gasteiger partial charge in [0.15, 0.2) is 0 Å². The smallest absolute Gasteiger partial charge is 0.245 e. The number of rotatable bonds is 5. The fourth-order valence-electron chi connectivity index (χ4n) is 3.18. The molecule has 1 saturated heterocycles. The number of likely N-dealkylation sites (N-methyl/N-ethyl adjacent to an activating group) is 1. The van der Waals surface area contributed by atoms with Gasteiger partial charge in [-0.3, -0.25) is 9.59 Å². The molecule has 1 aromatic carbocycles. The van der Waals surface area contributed by atoms with E-state index in [-0.39, 0.29) is 30.2 Å². The van der Waals surface area contributed by atoms with Crippen molar-refractivity contribution in [2.45, 2.75) is 45.2 Å². The van der Waals surface area contributed by atoms with Crippen molar-refractivity contribution in [1.29, 1.82) is 0 Å². The zero-order valence-electron chi connectivity index (χ0n) is 14.7. The van der Waals surface area contributed by atoms with Crippen molar-refractivity contribution < 1.29 is 18.4 Å². The van der Waals surface area contributed by atoms with E-state index < -0.39 is 23.7 Å². The van der Waals surface area contributed by atoms with Crippen molar-refractivity contribution >= 4 is 11.8 Å². The Hall–Kier alpha value is -2.02. The molecule has 2 amide bonds. The van der Waals surface area contributed by atoms with Crippen LogP contribution in [0.1, 0.15) is 32.3 Å². The normalized spacial score (nSPS) is 19.7. The van der Waals surface area contributed by atoms with E-state index in [1.165, 1.54) is 0 Å². The molecule has 138 valence electrons. The van der Waals surface area contributed by atoms with E-state index in [2.05, 4.69) is 0 Å². The largest absolute Gasteiger partial charge is 0.341 e. The number of carbonyl (C=O) groups is 2. The van der Waals surface area contributed by atoms with Crippen LogP contribution in [0.4, 0.5) is 8.78 Å². The average Bonchev–Trinajstić information content (AvgIpc) is 2.70. The Balaban J connectivity index is 2.00. The Labute approximate surface area is 146 Å². The minimum Gasteiger partial charge on any atom is -0.341 e. The van der Waals surface area contributed by atoms with Gasteiger partial charge in [-0.05, 0) is 50.5 Å². The van der Waals surface area contributed by atoms with Crippen molar-refractivity contribution in [3.8, 4) is 0 Å². The molecular formula is C18H25F2N3O2. The minimum absolute atomic E-state index is 0.0142. The highest BCUT2D eigenvalue weighted by molar-refractivity contribution is 5.88. The highest BCUT2D eigenvalue weighted by Gasteiger charge is 2.31. The summed E-state index contributed by atoms with van der Waals surface area (Å²) in [5.74, 6) is -1.39. The molecule has 1 aromatic rings. The Morgan fingerprint density at radius 2 is 2.08 bits per heavy atom. The maximum Gasteiger partial charge on any atom is 0.245 e. The maximum atomic E-state index is 13.7. The van der Waals surface area contributed by atoms with Crippen molar-refractivity contribution in [1.82, 2.24) is 9.80 Å². The molecule has 5 nitrogen and oxygen atoms in total. The Bertz CT molecular complexity index is 639. The summed E-state index contributed by atoms with van der Waals surface area (Å²) in [6, 6.07) is 2.01. The molecule has 2 N–H and O–H groups in total. The summed E-state index contributed by atoms with van der Waals surface area (Å²) < 4.78 is 26.9. The quantitative estimate of drug-likeness (QED) is 0.876. The number of nitrogens with two attached hydrogens (primary N) is 1. The van der Waals surface area contributed by atoms with Gasteiger partial charge in [0.25, 0.3) is 0 Å². The predicted molar refractivity (Wildman–Crippen MR) is 90.7 cm³/mol. The molecule has 2 atom stereocenters. The topological polar surface area (TPSA) is 66.6 Å². The van der Waals surface area contributed by atoms with Crippen LogP contribution in [0.5, 0.6) is 0 Å². The molecule has 1 fully saturated rings. The molecule has 2 rings (SSSR count). The van der Waals surface area contributed by atoms with E-state index in [0.29, 0.717) is 26.1 Å². The summed E-state index contributed by atoms with van der Waals surface area (Å²) in [5, 5.41) is 0. The number of carbonyl (C=O) groups excluding carboxylic acids is 2. The molecule has 0 saturated carbocycles. The molecule has 1 unspecified atom stereocenters. The van der Waals surface area contributed by atoms with E-state index in [4.69, 9.17) is 5.73 Å². The first-order valence-electron chi connectivity index (χ1n) is 8.61. The third-order valence-corrected chi connectivity index (χ3v) is 4.59. The molecule has 1 heterocycles. The first-order chi connectivity index (χ1) is 11.8. The summed E-state index contributed by atoms with van der Waals surface area (Å²) in [4.78, 5) is 28.2. The van der Waals surface area contributed by atoms with Crippen LogP contribution in [0.2, 0.25) is 0 Å². The first kappa shape index (κ1) is 19.3. The fraction of sp³-hybridized carbons (Fsp3) is 0.556. The van der Waals surface area contributed by atoms with E-state index >= 15 is 0 Å². The lowest BCUT2D eigenvalue weighted by Crippen LogP contribution is -2.48. The second kappa shape index (κ2) is 8.38. The van der Waals surface area contributed by atoms with Gasteiger partial charge in [-0.2, -0.15) is 0 Å². The van der Waals surface area contributed by atoms with Crippen LogP contribution >= 0.6 is 0 Å². The van der Waals surface area contributed by atoms with Crippen molar-refractivity contribution in [3.05, 3.63) is 35.4 Å². The third-order valence-electron chi connectivity index (χ3n) is 4.59. The van der Waals surface area contributed by atoms with Crippen molar-refractivity contribution in [2.24, 2.45) is 5.73 Å². The Kier molecular flexibility index (Phi) is 6.47. The fourth-order valence-corrected chi connectivity index (χ4v) is 3.18. The van der Waals surface area contributed by atoms with Crippen LogP contribution in [0.25, 0.3) is 0 Å². The van der Waals surface area contributed by atoms with Crippen LogP contribution in [-0.2, 0) is 16.0 Å². The first-order valence-corrected chi connectivity index (χ1v) is 8.61. The summed E-state index contributed by atoms with van der Waals surface area (Å²) >= 11 is 0. The van der Waals surface area contributed by atoms with E-state index in [1.807, 2.05) is 6.92 Å². The lowest BCUT2D eigenvalue weighted by molar-refractivity contribution is -0.143. The van der Waals surface area contributed by atoms with E-state index in [1.54, 1.807) is 16.7 Å². The Morgan fingerprint density at radius 3 is 2.76 bits per heavy atom. The average molecular weight is 353 g/mol. The monoisotopic (exact) mass is 353 g/mol. The molecule has 1 aliphatic rings. The number of halogens is 2. The molecule has 0 spiro atoms. The van der Waals surface area contributed by atoms with Crippen LogP contribution in [0.15, 0.2) is 18.2 Å². The third kappa shape index (κ3) is 4.75. The summed E-state index contributed by atoms with van der Waals surface area (Å²) in [6.45, 7) is 5.36. The highest BCUT2D eigenvalue weighted by Crippen LogP contribution is 2.16. The standard InChI is InChI=1S/C18H25F2N3O2/c1-3-22-7-4-8-23(12(2)18(22)25)17(24)11-15(21)10-13-9-14(19)5-6-16(13)20/h5-6,9,12,15H,3-4,7-8,10-11,21H2,1-2H3/t12?,15-/m1/s1. The SMILES string of the molecule is CCN1CCCN(C(=O)C[C@H](N)Cc2cc(F)ccc2F)C(C)C1=O. The van der Waals surface area contributed by atoms with Gasteiger partial charge < -0.3 is 15.5 Å². The lowest BCUT2D eigenvalue weighted by Gasteiger charge is -2.28. The second-order valence-electron chi connectivity index (χ2n) is 6.44. The van der Waals surface area contributed by atoms with Gasteiger partial charge in [-0.25, -0.2) is 8.78 Å². The molecule has 7 heteroatoms. The van der Waals surface area contributed by atoms with Gasteiger partial charge in [0.1, 0.15) is 17.7 Å². The lowest BCUT2D eigenvalue weighted by atomic mass is 10.0. The second-order valence-corrected chi connectivity index (χ2v) is 6.44. The molecule has 0 radical (unpaired) electrons. The van der Waals surface area contributed by atoms with Crippen molar-refractivity contribution in [3.63, 3.8) is 0 Å². The molecule has 25 heavy (non-hydrogen) atoms. The zero-order chi connectivity index (χ0) is 18.6. The summed E-state index contributed by atoms with van der Waals surface area (Å²) in [7, 11) is 0. The van der Waals surface area contributed by atoms with Crippen LogP contribution < -0.4 is 5.73 Å². The van der Waals surface area contributed by atoms with Gasteiger partial charge in [-0.15, -0.1) is 0 Å². The Morgan fingerprint density at radius 1 is 1.36 bits per heavy atom. The van der Waals surface area contributed by atoms with Gasteiger partial charge >= 0.3 is 0 Å². The number of nitrogens with zero attached hydrogens (tertiary/aromatic N) is 2. The highest BCUT2D eigenvalue weighted by atomic mass is 19.1. The van der Waals surface area contributed by atoms with Gasteiger partial charge in [0, 0.05) is 32.1 Å². The number of benzene rings is 1.